The van der Waals surface area contributed by atoms with E-state index >= 15 is 0 Å². The smallest absolute Gasteiger partial charge is 0.335 e. The number of hydrogen-bond donors (Lipinski definition) is 1. The van der Waals surface area contributed by atoms with Crippen LogP contribution in [-0.2, 0) is 49.6 Å². The van der Waals surface area contributed by atoms with Crippen LogP contribution in [0.4, 0.5) is 5.69 Å². The van der Waals surface area contributed by atoms with Crippen LogP contribution in [0.3, 0.4) is 0 Å². The van der Waals surface area contributed by atoms with E-state index in [-0.39, 0.29) is 63.7 Å². The topological polar surface area (TPSA) is 141 Å². The monoisotopic (exact) mass is 605 g/mol. The normalized spacial score (nSPS) is 13.7. The number of imide groups is 1. The fourth-order valence-electron chi connectivity index (χ4n) is 4.42. The van der Waals surface area contributed by atoms with Gasteiger partial charge in [0.2, 0.25) is 11.8 Å². The highest BCUT2D eigenvalue weighted by Gasteiger charge is 2.32. The lowest BCUT2D eigenvalue weighted by Gasteiger charge is -2.26. The molecule has 0 aliphatic carbocycles. The summed E-state index contributed by atoms with van der Waals surface area (Å²) in [5.41, 5.74) is 3.33. The maximum atomic E-state index is 13.2. The number of hydroxylamine groups is 2. The van der Waals surface area contributed by atoms with E-state index < -0.39 is 17.8 Å². The number of carbonyl (C=O) groups excluding carboxylic acids is 5. The van der Waals surface area contributed by atoms with Gasteiger partial charge in [0.05, 0.1) is 58.3 Å². The first-order valence-electron chi connectivity index (χ1n) is 14.5. The molecule has 2 heterocycles. The number of nitrogens with zero attached hydrogens (tertiary/aromatic N) is 2. The lowest BCUT2D eigenvalue weighted by atomic mass is 10.0. The van der Waals surface area contributed by atoms with Gasteiger partial charge in [0, 0.05) is 43.4 Å². The Bertz CT molecular complexity index is 1400. The Morgan fingerprint density at radius 1 is 0.727 bits per heavy atom. The zero-order valence-corrected chi connectivity index (χ0v) is 24.4. The molecule has 2 aliphatic rings. The maximum Gasteiger partial charge on any atom is 0.335 e. The Labute approximate surface area is 255 Å². The first-order chi connectivity index (χ1) is 21.4. The van der Waals surface area contributed by atoms with Crippen molar-refractivity contribution in [3.8, 4) is 11.8 Å². The highest BCUT2D eigenvalue weighted by Crippen LogP contribution is 2.26. The highest BCUT2D eigenvalue weighted by molar-refractivity contribution is 6.01. The van der Waals surface area contributed by atoms with E-state index in [2.05, 4.69) is 17.2 Å². The van der Waals surface area contributed by atoms with Crippen molar-refractivity contribution in [3.05, 3.63) is 65.2 Å². The van der Waals surface area contributed by atoms with Crippen molar-refractivity contribution in [1.82, 2.24) is 10.4 Å². The number of benzene rings is 2. The van der Waals surface area contributed by atoms with Crippen LogP contribution in [0.15, 0.2) is 48.5 Å². The molecule has 0 unspecified atom stereocenters. The predicted octanol–water partition coefficient (Wildman–Crippen LogP) is 1.88. The fraction of sp³-hybridized carbons (Fsp3) is 0.406. The second-order valence-electron chi connectivity index (χ2n) is 9.89. The average Bonchev–Trinajstić information content (AvgIpc) is 3.33. The molecule has 1 fully saturated rings. The van der Waals surface area contributed by atoms with Crippen molar-refractivity contribution in [2.24, 2.45) is 0 Å². The Morgan fingerprint density at radius 3 is 2.09 bits per heavy atom. The molecule has 0 spiro atoms. The highest BCUT2D eigenvalue weighted by atomic mass is 16.7. The lowest BCUT2D eigenvalue weighted by Crippen LogP contribution is -2.34. The summed E-state index contributed by atoms with van der Waals surface area (Å²) in [6, 6.07) is 15.2. The van der Waals surface area contributed by atoms with Gasteiger partial charge >= 0.3 is 5.97 Å². The molecule has 2 aromatic rings. The fourth-order valence-corrected chi connectivity index (χ4v) is 4.42. The molecule has 0 atom stereocenters. The van der Waals surface area contributed by atoms with E-state index in [4.69, 9.17) is 19.0 Å². The number of nitrogens with one attached hydrogen (secondary N) is 1. The molecule has 232 valence electrons. The predicted molar refractivity (Wildman–Crippen MR) is 157 cm³/mol. The largest absolute Gasteiger partial charge is 0.378 e. The molecule has 44 heavy (non-hydrogen) atoms. The molecule has 0 bridgehead atoms. The molecule has 0 aromatic heterocycles. The summed E-state index contributed by atoms with van der Waals surface area (Å²) in [7, 11) is 0. The van der Waals surface area contributed by atoms with Crippen molar-refractivity contribution >= 4 is 35.3 Å². The average molecular weight is 606 g/mol. The Balaban J connectivity index is 1.02. The van der Waals surface area contributed by atoms with Gasteiger partial charge < -0.3 is 29.3 Å². The second kappa shape index (κ2) is 16.9. The summed E-state index contributed by atoms with van der Waals surface area (Å²) >= 11 is 0. The summed E-state index contributed by atoms with van der Waals surface area (Å²) in [5.74, 6) is 4.19. The van der Waals surface area contributed by atoms with Gasteiger partial charge in [-0.1, -0.05) is 42.2 Å². The third-order valence-corrected chi connectivity index (χ3v) is 6.70. The van der Waals surface area contributed by atoms with E-state index in [1.54, 1.807) is 4.90 Å². The van der Waals surface area contributed by atoms with E-state index in [0.717, 1.165) is 22.4 Å². The summed E-state index contributed by atoms with van der Waals surface area (Å²) in [4.78, 5) is 66.5. The van der Waals surface area contributed by atoms with Crippen LogP contribution >= 0.6 is 0 Å². The number of amides is 4. The molecule has 1 N–H and O–H groups in total. The van der Waals surface area contributed by atoms with Crippen molar-refractivity contribution < 1.29 is 43.0 Å². The van der Waals surface area contributed by atoms with Crippen molar-refractivity contribution in [2.45, 2.75) is 38.6 Å². The molecular formula is C32H35N3O9. The maximum absolute atomic E-state index is 13.2. The van der Waals surface area contributed by atoms with Gasteiger partial charge in [0.25, 0.3) is 11.8 Å². The minimum Gasteiger partial charge on any atom is -0.378 e. The van der Waals surface area contributed by atoms with Gasteiger partial charge in [-0.05, 0) is 23.8 Å². The van der Waals surface area contributed by atoms with Crippen LogP contribution in [0.1, 0.15) is 48.8 Å². The lowest BCUT2D eigenvalue weighted by molar-refractivity contribution is -0.198. The summed E-state index contributed by atoms with van der Waals surface area (Å²) in [6.07, 6.45) is 0.105. The molecule has 2 aliphatic heterocycles. The van der Waals surface area contributed by atoms with Crippen LogP contribution in [0.5, 0.6) is 0 Å². The quantitative estimate of drug-likeness (QED) is 0.173. The van der Waals surface area contributed by atoms with E-state index in [9.17, 15) is 24.0 Å². The standard InChI is InChI=1S/C32H35N3O9/c36-28(11-12-29(37)34-23-26-7-2-1-5-24(26)9-10-25-6-3-4-8-27(25)34)33-16-18-42-20-22-43-21-19-41-17-15-32(40)44-35-30(38)13-14-31(35)39/h1-8H,11-23H2,(H,33,36). The molecular weight excluding hydrogens is 570 g/mol. The van der Waals surface area contributed by atoms with Gasteiger partial charge in [-0.25, -0.2) is 4.79 Å². The van der Waals surface area contributed by atoms with Gasteiger partial charge in [-0.15, -0.1) is 5.06 Å². The molecule has 0 radical (unpaired) electrons. The minimum atomic E-state index is -0.721. The molecule has 4 rings (SSSR count). The van der Waals surface area contributed by atoms with Gasteiger partial charge in [0.15, 0.2) is 0 Å². The zero-order valence-electron chi connectivity index (χ0n) is 24.4. The third kappa shape index (κ3) is 9.74. The summed E-state index contributed by atoms with van der Waals surface area (Å²) < 4.78 is 16.1. The van der Waals surface area contributed by atoms with Crippen molar-refractivity contribution in [1.29, 1.82) is 0 Å². The second-order valence-corrected chi connectivity index (χ2v) is 9.89. The molecule has 12 heteroatoms. The van der Waals surface area contributed by atoms with Gasteiger partial charge in [0.1, 0.15) is 0 Å². The van der Waals surface area contributed by atoms with E-state index in [0.29, 0.717) is 38.0 Å². The van der Waals surface area contributed by atoms with Gasteiger partial charge in [-0.2, -0.15) is 0 Å². The van der Waals surface area contributed by atoms with Crippen LogP contribution in [0, 0.1) is 11.8 Å². The van der Waals surface area contributed by atoms with Crippen LogP contribution in [0.2, 0.25) is 0 Å². The summed E-state index contributed by atoms with van der Waals surface area (Å²) in [6.45, 7) is 2.20. The number of fused-ring (bicyclic) bond motifs is 2. The van der Waals surface area contributed by atoms with Crippen molar-refractivity contribution in [2.75, 3.05) is 51.1 Å². The number of ether oxygens (including phenoxy) is 3. The zero-order chi connectivity index (χ0) is 31.1. The molecule has 1 saturated heterocycles. The molecule has 0 saturated carbocycles. The summed E-state index contributed by atoms with van der Waals surface area (Å²) in [5, 5.41) is 3.27. The van der Waals surface area contributed by atoms with E-state index in [1.165, 1.54) is 0 Å². The SMILES string of the molecule is O=C(CCC(=O)N1Cc2ccccc2C#Cc2ccccc21)NCCOCCOCCOCCC(=O)ON1C(=O)CCC1=O. The molecule has 4 amide bonds. The molecule has 12 nitrogen and oxygen atoms in total. The Morgan fingerprint density at radius 2 is 1.34 bits per heavy atom. The van der Waals surface area contributed by atoms with Crippen molar-refractivity contribution in [3.63, 3.8) is 0 Å². The Hall–Kier alpha value is -4.57. The van der Waals surface area contributed by atoms with Crippen LogP contribution in [-0.4, -0.2) is 80.8 Å². The van der Waals surface area contributed by atoms with Crippen LogP contribution < -0.4 is 10.2 Å². The number of anilines is 1. The number of carbonyl (C=O) groups is 5. The van der Waals surface area contributed by atoms with Crippen LogP contribution in [0.25, 0.3) is 0 Å². The number of rotatable bonds is 16. The Kier molecular flexibility index (Phi) is 12.4. The van der Waals surface area contributed by atoms with Gasteiger partial charge in [-0.3, -0.25) is 19.2 Å². The first-order valence-corrected chi connectivity index (χ1v) is 14.5. The molecule has 2 aromatic carbocycles. The first kappa shape index (κ1) is 32.3. The third-order valence-electron chi connectivity index (χ3n) is 6.70. The number of para-hydroxylation sites is 1. The number of hydrogen-bond acceptors (Lipinski definition) is 9. The minimum absolute atomic E-state index is 0.0446. The van der Waals surface area contributed by atoms with E-state index in [1.807, 2.05) is 48.5 Å².